The maximum absolute atomic E-state index is 12.8. The molecule has 5 heteroatoms. The number of aryl methyl sites for hydroxylation is 2. The second-order valence-electron chi connectivity index (χ2n) is 7.46. The summed E-state index contributed by atoms with van der Waals surface area (Å²) in [7, 11) is 0. The molecule has 0 fully saturated rings. The largest absolute Gasteiger partial charge is 0.449 e. The highest BCUT2D eigenvalue weighted by Crippen LogP contribution is 2.23. The summed E-state index contributed by atoms with van der Waals surface area (Å²) in [5.41, 5.74) is 6.07. The zero-order chi connectivity index (χ0) is 19.8. The maximum Gasteiger partial charge on any atom is 0.338 e. The van der Waals surface area contributed by atoms with Gasteiger partial charge in [-0.2, -0.15) is 0 Å². The molecule has 2 aromatic carbocycles. The first-order valence-corrected chi connectivity index (χ1v) is 9.59. The molecule has 0 bridgehead atoms. The van der Waals surface area contributed by atoms with Crippen molar-refractivity contribution in [1.82, 2.24) is 9.88 Å². The second-order valence-corrected chi connectivity index (χ2v) is 7.46. The number of amides is 1. The number of benzene rings is 2. The van der Waals surface area contributed by atoms with Crippen LogP contribution in [0.3, 0.4) is 0 Å². The summed E-state index contributed by atoms with van der Waals surface area (Å²) >= 11 is 0. The Morgan fingerprint density at radius 2 is 1.86 bits per heavy atom. The first-order valence-electron chi connectivity index (χ1n) is 9.59. The minimum absolute atomic E-state index is 0.155. The van der Waals surface area contributed by atoms with E-state index in [2.05, 4.69) is 11.1 Å². The van der Waals surface area contributed by atoms with Crippen LogP contribution in [-0.4, -0.2) is 34.4 Å². The average Bonchev–Trinajstić information content (AvgIpc) is 3.00. The van der Waals surface area contributed by atoms with E-state index in [1.165, 1.54) is 5.56 Å². The van der Waals surface area contributed by atoms with Crippen LogP contribution in [-0.2, 0) is 22.5 Å². The van der Waals surface area contributed by atoms with E-state index in [-0.39, 0.29) is 5.91 Å². The Morgan fingerprint density at radius 1 is 1.11 bits per heavy atom. The SMILES string of the molecule is Cc1[nH]c2ccc(C(=O)OC(C)C(=O)N3CCc4ccccc4C3)cc2c1C. The number of esters is 1. The van der Waals surface area contributed by atoms with Gasteiger partial charge in [0.1, 0.15) is 0 Å². The lowest BCUT2D eigenvalue weighted by Gasteiger charge is -2.30. The van der Waals surface area contributed by atoms with Crippen molar-refractivity contribution in [3.63, 3.8) is 0 Å². The minimum Gasteiger partial charge on any atom is -0.449 e. The highest BCUT2D eigenvalue weighted by molar-refractivity contribution is 5.97. The fraction of sp³-hybridized carbons (Fsp3) is 0.304. The molecule has 1 amide bonds. The van der Waals surface area contributed by atoms with Gasteiger partial charge in [-0.3, -0.25) is 4.79 Å². The van der Waals surface area contributed by atoms with Gasteiger partial charge in [-0.15, -0.1) is 0 Å². The van der Waals surface area contributed by atoms with Crippen molar-refractivity contribution in [1.29, 1.82) is 0 Å². The smallest absolute Gasteiger partial charge is 0.338 e. The molecule has 144 valence electrons. The van der Waals surface area contributed by atoms with Crippen LogP contribution in [0.5, 0.6) is 0 Å². The van der Waals surface area contributed by atoms with Gasteiger partial charge in [-0.1, -0.05) is 24.3 Å². The molecule has 1 N–H and O–H groups in total. The zero-order valence-electron chi connectivity index (χ0n) is 16.4. The lowest BCUT2D eigenvalue weighted by Crippen LogP contribution is -2.42. The minimum atomic E-state index is -0.817. The predicted octanol–water partition coefficient (Wildman–Crippen LogP) is 3.91. The summed E-state index contributed by atoms with van der Waals surface area (Å²) in [6.45, 7) is 6.87. The molecule has 0 aliphatic carbocycles. The molecule has 1 aliphatic rings. The highest BCUT2D eigenvalue weighted by atomic mass is 16.5. The van der Waals surface area contributed by atoms with E-state index in [9.17, 15) is 9.59 Å². The third kappa shape index (κ3) is 3.28. The molecule has 1 atom stereocenters. The first-order chi connectivity index (χ1) is 13.4. The Bertz CT molecular complexity index is 1070. The van der Waals surface area contributed by atoms with Crippen LogP contribution in [0.2, 0.25) is 0 Å². The molecule has 1 unspecified atom stereocenters. The molecule has 1 aliphatic heterocycles. The number of aromatic nitrogens is 1. The fourth-order valence-corrected chi connectivity index (χ4v) is 3.81. The topological polar surface area (TPSA) is 62.4 Å². The second kappa shape index (κ2) is 7.15. The van der Waals surface area contributed by atoms with Crippen molar-refractivity contribution in [2.75, 3.05) is 6.54 Å². The van der Waals surface area contributed by atoms with Crippen LogP contribution in [0.4, 0.5) is 0 Å². The third-order valence-electron chi connectivity index (χ3n) is 5.62. The molecule has 5 nitrogen and oxygen atoms in total. The van der Waals surface area contributed by atoms with Crippen LogP contribution < -0.4 is 0 Å². The Labute approximate surface area is 164 Å². The fourth-order valence-electron chi connectivity index (χ4n) is 3.81. The molecular formula is C23H24N2O3. The monoisotopic (exact) mass is 376 g/mol. The van der Waals surface area contributed by atoms with Gasteiger partial charge in [0.25, 0.3) is 5.91 Å². The summed E-state index contributed by atoms with van der Waals surface area (Å²) in [6.07, 6.45) is 0.00765. The van der Waals surface area contributed by atoms with Crippen molar-refractivity contribution < 1.29 is 14.3 Å². The molecular weight excluding hydrogens is 352 g/mol. The standard InChI is InChI=1S/C23H24N2O3/c1-14-15(2)24-21-9-8-18(12-20(14)21)23(27)28-16(3)22(26)25-11-10-17-6-4-5-7-19(17)13-25/h4-9,12,16,24H,10-11,13H2,1-3H3. The van der Waals surface area contributed by atoms with E-state index in [1.54, 1.807) is 17.9 Å². The quantitative estimate of drug-likeness (QED) is 0.705. The number of carbonyl (C=O) groups is 2. The van der Waals surface area contributed by atoms with Crippen LogP contribution in [0.25, 0.3) is 10.9 Å². The van der Waals surface area contributed by atoms with Gasteiger partial charge in [-0.05, 0) is 62.1 Å². The first kappa shape index (κ1) is 18.3. The third-order valence-corrected chi connectivity index (χ3v) is 5.62. The number of hydrogen-bond acceptors (Lipinski definition) is 3. The molecule has 3 aromatic rings. The van der Waals surface area contributed by atoms with E-state index < -0.39 is 12.1 Å². The molecule has 0 radical (unpaired) electrons. The Hall–Kier alpha value is -3.08. The summed E-state index contributed by atoms with van der Waals surface area (Å²) in [6, 6.07) is 13.6. The average molecular weight is 376 g/mol. The van der Waals surface area contributed by atoms with Gasteiger partial charge in [0.15, 0.2) is 6.10 Å². The lowest BCUT2D eigenvalue weighted by molar-refractivity contribution is -0.140. The van der Waals surface area contributed by atoms with E-state index >= 15 is 0 Å². The number of nitrogens with zero attached hydrogens (tertiary/aromatic N) is 1. The number of nitrogens with one attached hydrogen (secondary N) is 1. The number of H-pyrrole nitrogens is 1. The van der Waals surface area contributed by atoms with Gasteiger partial charge < -0.3 is 14.6 Å². The summed E-state index contributed by atoms with van der Waals surface area (Å²) in [4.78, 5) is 30.4. The van der Waals surface area contributed by atoms with Crippen LogP contribution in [0.15, 0.2) is 42.5 Å². The number of rotatable bonds is 3. The van der Waals surface area contributed by atoms with E-state index in [1.807, 2.05) is 44.2 Å². The normalized spacial score (nSPS) is 14.6. The van der Waals surface area contributed by atoms with Gasteiger partial charge in [0.05, 0.1) is 5.56 Å². The summed E-state index contributed by atoms with van der Waals surface area (Å²) in [5.74, 6) is -0.629. The Morgan fingerprint density at radius 3 is 2.64 bits per heavy atom. The highest BCUT2D eigenvalue weighted by Gasteiger charge is 2.27. The van der Waals surface area contributed by atoms with E-state index in [0.29, 0.717) is 18.7 Å². The van der Waals surface area contributed by atoms with Crippen LogP contribution in [0.1, 0.15) is 39.7 Å². The molecule has 4 rings (SSSR count). The van der Waals surface area contributed by atoms with Gasteiger partial charge in [0.2, 0.25) is 0 Å². The van der Waals surface area contributed by atoms with Crippen molar-refractivity contribution in [3.8, 4) is 0 Å². The predicted molar refractivity (Wildman–Crippen MR) is 108 cm³/mol. The molecule has 28 heavy (non-hydrogen) atoms. The van der Waals surface area contributed by atoms with E-state index in [4.69, 9.17) is 4.74 Å². The Balaban J connectivity index is 1.46. The van der Waals surface area contributed by atoms with Gasteiger partial charge >= 0.3 is 5.97 Å². The van der Waals surface area contributed by atoms with Gasteiger partial charge in [-0.25, -0.2) is 4.79 Å². The van der Waals surface area contributed by atoms with Crippen LogP contribution >= 0.6 is 0 Å². The number of hydrogen-bond donors (Lipinski definition) is 1. The van der Waals surface area contributed by atoms with E-state index in [0.717, 1.165) is 34.1 Å². The molecule has 1 aromatic heterocycles. The van der Waals surface area contributed by atoms with Crippen molar-refractivity contribution >= 4 is 22.8 Å². The molecule has 0 saturated carbocycles. The maximum atomic E-state index is 12.8. The lowest BCUT2D eigenvalue weighted by atomic mass is 9.99. The van der Waals surface area contributed by atoms with Crippen molar-refractivity contribution in [2.24, 2.45) is 0 Å². The molecule has 2 heterocycles. The van der Waals surface area contributed by atoms with Crippen molar-refractivity contribution in [3.05, 3.63) is 70.4 Å². The Kier molecular flexibility index (Phi) is 4.67. The summed E-state index contributed by atoms with van der Waals surface area (Å²) < 4.78 is 5.49. The molecule has 0 spiro atoms. The number of fused-ring (bicyclic) bond motifs is 2. The summed E-state index contributed by atoms with van der Waals surface area (Å²) in [5, 5.41) is 0.999. The molecule has 0 saturated heterocycles. The number of ether oxygens (including phenoxy) is 1. The van der Waals surface area contributed by atoms with Gasteiger partial charge in [0, 0.05) is 29.7 Å². The number of carbonyl (C=O) groups excluding carboxylic acids is 2. The zero-order valence-corrected chi connectivity index (χ0v) is 16.4. The number of aromatic amines is 1. The van der Waals surface area contributed by atoms with Crippen LogP contribution in [0, 0.1) is 13.8 Å². The van der Waals surface area contributed by atoms with Crippen molar-refractivity contribution in [2.45, 2.75) is 39.8 Å².